The Kier molecular flexibility index (Phi) is 34.0. The van der Waals surface area contributed by atoms with Crippen LogP contribution in [-0.2, 0) is 76.3 Å². The zero-order chi connectivity index (χ0) is 91.2. The van der Waals surface area contributed by atoms with E-state index in [9.17, 15) is 115 Å². The zero-order valence-electron chi connectivity index (χ0n) is 66.0. The Morgan fingerprint density at radius 3 is 1.18 bits per heavy atom. The normalized spacial score (nSPS) is 25.3. The zero-order valence-corrected chi connectivity index (χ0v) is 72.8. The first-order valence-corrected chi connectivity index (χ1v) is 42.8. The number of nitro benzene ring substituents is 2. The number of aliphatic hydroxyl groups is 8. The summed E-state index contributed by atoms with van der Waals surface area (Å²) in [7, 11) is -16.7. The molecule has 0 bridgehead atoms. The Morgan fingerprint density at radius 2 is 0.810 bits per heavy atom. The molecule has 0 aliphatic carbocycles. The maximum Gasteiger partial charge on any atom is 0.417 e. The van der Waals surface area contributed by atoms with Crippen LogP contribution in [0, 0.1) is 58.8 Å². The van der Waals surface area contributed by atoms with Gasteiger partial charge in [-0.1, -0.05) is 0 Å². The number of aliphatic hydroxyl groups excluding tert-OH is 8. The summed E-state index contributed by atoms with van der Waals surface area (Å²) in [6.07, 6.45) is -27.5. The van der Waals surface area contributed by atoms with Gasteiger partial charge in [0.2, 0.25) is 12.6 Å². The van der Waals surface area contributed by atoms with E-state index in [1.807, 2.05) is 0 Å². The van der Waals surface area contributed by atoms with Gasteiger partial charge in [-0.3, -0.25) is 52.3 Å². The van der Waals surface area contributed by atoms with Crippen LogP contribution in [0.25, 0.3) is 44.3 Å². The minimum absolute atomic E-state index is 0. The summed E-state index contributed by atoms with van der Waals surface area (Å²) < 4.78 is 219. The molecule has 4 fully saturated rings. The number of phenols is 2. The van der Waals surface area contributed by atoms with Gasteiger partial charge in [-0.15, -0.1) is 0 Å². The minimum Gasteiger partial charge on any atom is -0.508 e. The van der Waals surface area contributed by atoms with Crippen LogP contribution in [0.5, 0.6) is 23.0 Å². The molecule has 4 aromatic carbocycles. The minimum atomic E-state index is -4.84. The van der Waals surface area contributed by atoms with Crippen molar-refractivity contribution in [2.75, 3.05) is 64.6 Å². The molecule has 10 aromatic rings. The maximum absolute atomic E-state index is 13.4. The van der Waals surface area contributed by atoms with E-state index < -0.39 is 211 Å². The average molecular weight is 2100 g/mol. The number of fused-ring (bicyclic) bond motifs is 4. The summed E-state index contributed by atoms with van der Waals surface area (Å²) in [6, 6.07) is 16.8. The Labute approximate surface area is 728 Å². The van der Waals surface area contributed by atoms with Gasteiger partial charge in [-0.2, -0.15) is 26.3 Å². The van der Waals surface area contributed by atoms with Crippen LogP contribution in [0.4, 0.5) is 54.1 Å². The summed E-state index contributed by atoms with van der Waals surface area (Å²) in [6.45, 7) is 1.47. The van der Waals surface area contributed by atoms with Gasteiger partial charge in [0.05, 0.1) is 60.1 Å². The number of non-ortho nitro benzene ring substituents is 2. The summed E-state index contributed by atoms with van der Waals surface area (Å²) in [5, 5.41) is 122. The number of ether oxygens (including phenoxy) is 6. The molecule has 59 heteroatoms. The van der Waals surface area contributed by atoms with Crippen LogP contribution in [0.1, 0.15) is 23.6 Å². The quantitative estimate of drug-likeness (QED) is 0.00669. The van der Waals surface area contributed by atoms with Crippen LogP contribution < -0.4 is 32.2 Å². The fourth-order valence-corrected chi connectivity index (χ4v) is 18.7. The number of nitrogen functional groups attached to an aromatic ring is 2. The summed E-state index contributed by atoms with van der Waals surface area (Å²) >= 11 is 0. The fraction of sp³-hybridized carbons (Fsp3) is 0.388. The number of halogens is 7. The molecule has 4 saturated heterocycles. The number of hydrogen-bond donors (Lipinski definition) is 12. The van der Waals surface area contributed by atoms with E-state index in [2.05, 4.69) is 35.8 Å². The molecule has 20 atom stereocenters. The molecule has 3 radical (unpaired) electrons. The van der Waals surface area contributed by atoms with E-state index in [4.69, 9.17) is 86.0 Å². The maximum atomic E-state index is 13.4. The molecule has 683 valence electrons. The van der Waals surface area contributed by atoms with Crippen molar-refractivity contribution in [1.82, 2.24) is 39.0 Å². The van der Waals surface area contributed by atoms with Gasteiger partial charge in [0.25, 0.3) is 12.8 Å². The molecule has 126 heavy (non-hydrogen) atoms. The molecule has 4 aliphatic heterocycles. The monoisotopic (exact) mass is 2100 g/mol. The smallest absolute Gasteiger partial charge is 0.417 e. The van der Waals surface area contributed by atoms with E-state index in [0.717, 1.165) is 63.1 Å². The molecule has 14 N–H and O–H groups in total. The molecule has 8 unspecified atom stereocenters. The van der Waals surface area contributed by atoms with E-state index in [1.165, 1.54) is 83.0 Å². The Hall–Kier alpha value is -9.17. The number of phenolic OH excluding ortho intramolecular Hbond substituents is 2. The van der Waals surface area contributed by atoms with Crippen molar-refractivity contribution in [2.45, 2.75) is 111 Å². The number of rotatable bonds is 24. The number of benzene rings is 4. The number of hydrogen-bond acceptors (Lipinski definition) is 42. The predicted octanol–water partition coefficient (Wildman–Crippen LogP) is 5.57. The molecule has 0 saturated carbocycles. The number of nitrogens with two attached hydrogens (primary N) is 2. The second-order valence-corrected chi connectivity index (χ2v) is 35.3. The van der Waals surface area contributed by atoms with Gasteiger partial charge in [-0.05, 0) is 48.5 Å². The Morgan fingerprint density at radius 1 is 0.484 bits per heavy atom. The van der Waals surface area contributed by atoms with Crippen molar-refractivity contribution < 1.29 is 205 Å². The molecule has 14 rings (SSSR count). The SMILES string of the molecule is CP(=O)(OCC1O[C@@H](n2cnc3c(N)ncnc32)[C@H](O)[C@@H]1O)OP(C)(=O)OC[C@H]1OC(Oc2ccc([N+](=O)[O-])cc2)[C@H](O)[C@@H]1O.CP(=O)(OCC1O[C@@H](n2cnc3c(N)ncnc32)[C@H](O)[C@@H]1O)OP(C)(=O)OC[C@H]1OC(Oc2ccc3c(C(F)(F)F)cc(=O)oc3c2)[C@H](O)[C@@H]1O.O=[N+]([O-])c1ccc(O)cc1.O=c1cc(C(F)(F)F)c2ccc(O)cc2o1.[3H]F.[B].[CH3-].[U]. The summed E-state index contributed by atoms with van der Waals surface area (Å²) in [5.41, 5.74) is 6.89. The summed E-state index contributed by atoms with van der Waals surface area (Å²) in [5.74, 6) is -0.141. The number of nitrogens with zero attached hydrogens (tertiary/aromatic N) is 10. The van der Waals surface area contributed by atoms with Gasteiger partial charge in [-0.25, -0.2) is 48.1 Å². The molecular weight excluding hydrogens is 2020 g/mol. The number of nitro groups is 2. The van der Waals surface area contributed by atoms with Crippen molar-refractivity contribution >= 4 is 106 Å². The van der Waals surface area contributed by atoms with Crippen molar-refractivity contribution in [3.05, 3.63) is 182 Å². The van der Waals surface area contributed by atoms with Gasteiger partial charge >= 0.3 is 54.0 Å². The molecule has 4 aliphatic rings. The Balaban J connectivity index is 0.000000263. The third-order valence-electron chi connectivity index (χ3n) is 17.8. The van der Waals surface area contributed by atoms with Crippen LogP contribution in [0.2, 0.25) is 0 Å². The van der Waals surface area contributed by atoms with E-state index in [0.29, 0.717) is 12.1 Å². The van der Waals surface area contributed by atoms with Gasteiger partial charge in [0.15, 0.2) is 35.4 Å². The molecule has 6 aromatic heterocycles. The van der Waals surface area contributed by atoms with E-state index >= 15 is 0 Å². The molecule has 10 heterocycles. The first kappa shape index (κ1) is 102. The number of imidazole rings is 2. The number of aromatic nitrogens is 8. The van der Waals surface area contributed by atoms with Crippen molar-refractivity contribution in [2.24, 2.45) is 0 Å². The van der Waals surface area contributed by atoms with E-state index in [1.54, 1.807) is 0 Å². The van der Waals surface area contributed by atoms with Crippen LogP contribution in [0.3, 0.4) is 0 Å². The van der Waals surface area contributed by atoms with Crippen LogP contribution >= 0.6 is 30.4 Å². The molecule has 46 nitrogen and oxygen atoms in total. The number of anilines is 2. The Bertz CT molecular complexity index is 5820. The largest absolute Gasteiger partial charge is 0.508 e. The molecular formula is C67H74BF7N12O34P4U-. The standard InChI is InChI=1S/C27H30F3N5O14P2.C23H30N6O14P2.C10H5F3O3.C6H5NO3.CH3.B.FH.U/c1-50(41,43-7-15-19(37)21(39)25(47-15)35-10-34-18-23(31)32-9-33-24(18)35)49-51(2,42)44-8-16-20(38)22(40)26(48-16)45-11-3-4-12-13(27(28,29)30)6-17(36)46-14(12)5-11;1-44(36,38-7-13-16(30)18(32)22(41-13)28-10-27-15-20(24)25-9-26-21(15)28)43-45(2,37)39-8-14-17(31)19(33)23(42-14)40-12-5-3-11(4-6-12)29(34)35;11-10(12,13)7-4-9(15)16-8-3-5(14)1-2-6(7)8;8-6-3-1-5(2-4-6)7(9)10;;;;/h3-6,9-10,15-16,19-22,25-26,37-40H,7-8H2,1-2H3,(H2,31,32,33);3-6,9-10,13-14,16-19,22-23,30-33H,7-8H2,1-2H3,(H2,24,25,26);1-4,14H;1-4,8H;1H3;;1H;/q;;;;-1;;;/t15?,16-,19-,20-,21-,22-,25-,26?,50?,51?;13?,14-,16-,17-,18-,19-,22-,23?,44?,45?;;;;;;/m11....../s1/i/hT. The topological polar surface area (TPSA) is 667 Å². The second-order valence-electron chi connectivity index (χ2n) is 26.8. The summed E-state index contributed by atoms with van der Waals surface area (Å²) in [4.78, 5) is 66.3. The molecule has 0 spiro atoms. The first-order chi connectivity index (χ1) is 58.1. The fourth-order valence-electron chi connectivity index (χ4n) is 12.0. The van der Waals surface area contributed by atoms with E-state index in [-0.39, 0.29) is 126 Å². The van der Waals surface area contributed by atoms with Crippen LogP contribution in [-0.4, -0.2) is 249 Å². The molecule has 0 amide bonds. The third kappa shape index (κ3) is 25.2. The second kappa shape index (κ2) is 41.9. The third-order valence-corrected chi connectivity index (χ3v) is 25.0. The average Bonchev–Trinajstić information content (AvgIpc) is 1.28. The van der Waals surface area contributed by atoms with Crippen molar-refractivity contribution in [3.8, 4) is 23.0 Å². The number of aromatic hydroxyl groups is 2. The van der Waals surface area contributed by atoms with Crippen LogP contribution in [0.15, 0.2) is 141 Å². The van der Waals surface area contributed by atoms with Crippen molar-refractivity contribution in [1.29, 1.82) is 1.45 Å². The predicted molar refractivity (Wildman–Crippen MR) is 413 cm³/mol. The van der Waals surface area contributed by atoms with Gasteiger partial charge < -0.3 is 125 Å². The first-order valence-electron chi connectivity index (χ1n) is 35.2. The van der Waals surface area contributed by atoms with Gasteiger partial charge in [0, 0.05) is 125 Å². The van der Waals surface area contributed by atoms with Gasteiger partial charge in [0.1, 0.15) is 131 Å². The van der Waals surface area contributed by atoms with Crippen molar-refractivity contribution in [3.63, 3.8) is 0 Å². The number of alkyl halides is 6.